The first-order valence-electron chi connectivity index (χ1n) is 5.89. The van der Waals surface area contributed by atoms with Crippen LogP contribution in [0.5, 0.6) is 0 Å². The molecule has 1 rings (SSSR count). The van der Waals surface area contributed by atoms with Gasteiger partial charge in [-0.2, -0.15) is 0 Å². The number of carbonyl (C=O) groups is 1. The Kier molecular flexibility index (Phi) is 6.09. The predicted molar refractivity (Wildman–Crippen MR) is 69.0 cm³/mol. The highest BCUT2D eigenvalue weighted by molar-refractivity contribution is 6.30. The number of rotatable bonds is 6. The highest BCUT2D eigenvalue weighted by Gasteiger charge is 2.13. The Morgan fingerprint density at radius 3 is 2.78 bits per heavy atom. The third kappa shape index (κ3) is 4.27. The highest BCUT2D eigenvalue weighted by Crippen LogP contribution is 2.19. The summed E-state index contributed by atoms with van der Waals surface area (Å²) in [4.78, 5) is 13.2. The molecule has 0 amide bonds. The minimum atomic E-state index is -0.429. The fourth-order valence-electron chi connectivity index (χ4n) is 1.58. The summed E-state index contributed by atoms with van der Waals surface area (Å²) in [6, 6.07) is 4.86. The largest absolute Gasteiger partial charge is 0.465 e. The van der Waals surface area contributed by atoms with E-state index < -0.39 is 5.82 Å². The van der Waals surface area contributed by atoms with Gasteiger partial charge in [0.05, 0.1) is 18.2 Å². The Hall–Kier alpha value is -1.13. The lowest BCUT2D eigenvalue weighted by molar-refractivity contribution is -0.144. The van der Waals surface area contributed by atoms with Crippen molar-refractivity contribution in [3.8, 4) is 0 Å². The van der Waals surface area contributed by atoms with Crippen LogP contribution >= 0.6 is 11.6 Å². The van der Waals surface area contributed by atoms with Gasteiger partial charge in [-0.05, 0) is 19.5 Å². The molecule has 0 radical (unpaired) electrons. The van der Waals surface area contributed by atoms with Crippen molar-refractivity contribution in [1.29, 1.82) is 0 Å². The molecule has 0 saturated carbocycles. The lowest BCUT2D eigenvalue weighted by Gasteiger charge is -2.19. The molecule has 5 heteroatoms. The summed E-state index contributed by atoms with van der Waals surface area (Å²) in [7, 11) is 0. The average Bonchev–Trinajstić information content (AvgIpc) is 2.34. The van der Waals surface area contributed by atoms with Crippen LogP contribution in [0.4, 0.5) is 4.39 Å². The Morgan fingerprint density at radius 1 is 1.44 bits per heavy atom. The molecule has 0 saturated heterocycles. The molecule has 18 heavy (non-hydrogen) atoms. The van der Waals surface area contributed by atoms with E-state index in [-0.39, 0.29) is 17.5 Å². The maximum absolute atomic E-state index is 13.7. The van der Waals surface area contributed by atoms with E-state index in [0.717, 1.165) is 0 Å². The van der Waals surface area contributed by atoms with E-state index in [1.807, 2.05) is 6.92 Å². The van der Waals surface area contributed by atoms with Gasteiger partial charge in [-0.1, -0.05) is 30.7 Å². The van der Waals surface area contributed by atoms with Crippen molar-refractivity contribution in [2.24, 2.45) is 0 Å². The third-order valence-electron chi connectivity index (χ3n) is 2.53. The number of nitrogens with zero attached hydrogens (tertiary/aromatic N) is 1. The van der Waals surface area contributed by atoms with Gasteiger partial charge >= 0.3 is 5.97 Å². The minimum absolute atomic E-state index is 0.0969. The average molecular weight is 274 g/mol. The number of likely N-dealkylation sites (N-methyl/N-ethyl adjacent to an activating group) is 1. The number of carbonyl (C=O) groups excluding carboxylic acids is 1. The maximum atomic E-state index is 13.7. The van der Waals surface area contributed by atoms with Crippen molar-refractivity contribution in [3.05, 3.63) is 34.6 Å². The van der Waals surface area contributed by atoms with E-state index in [0.29, 0.717) is 25.3 Å². The first-order valence-corrected chi connectivity index (χ1v) is 6.27. The van der Waals surface area contributed by atoms with Crippen LogP contribution in [0.3, 0.4) is 0 Å². The summed E-state index contributed by atoms with van der Waals surface area (Å²) in [5.74, 6) is -0.733. The second-order valence-electron chi connectivity index (χ2n) is 3.82. The molecule has 100 valence electrons. The van der Waals surface area contributed by atoms with Crippen molar-refractivity contribution < 1.29 is 13.9 Å². The molecule has 0 aliphatic rings. The molecule has 1 aromatic carbocycles. The van der Waals surface area contributed by atoms with E-state index >= 15 is 0 Å². The molecule has 0 aliphatic heterocycles. The molecule has 0 unspecified atom stereocenters. The monoisotopic (exact) mass is 273 g/mol. The zero-order chi connectivity index (χ0) is 13.5. The smallest absolute Gasteiger partial charge is 0.320 e. The fraction of sp³-hybridized carbons (Fsp3) is 0.462. The van der Waals surface area contributed by atoms with Crippen LogP contribution in [0, 0.1) is 5.82 Å². The number of halogens is 2. The van der Waals surface area contributed by atoms with Crippen molar-refractivity contribution >= 4 is 17.6 Å². The molecule has 0 aromatic heterocycles. The lowest BCUT2D eigenvalue weighted by Crippen LogP contribution is -2.30. The number of esters is 1. The lowest BCUT2D eigenvalue weighted by atomic mass is 10.2. The van der Waals surface area contributed by atoms with Crippen LogP contribution in [0.25, 0.3) is 0 Å². The van der Waals surface area contributed by atoms with Crippen molar-refractivity contribution in [2.45, 2.75) is 20.4 Å². The van der Waals surface area contributed by atoms with E-state index in [1.54, 1.807) is 24.0 Å². The number of hydrogen-bond acceptors (Lipinski definition) is 3. The van der Waals surface area contributed by atoms with Gasteiger partial charge in [0.15, 0.2) is 0 Å². The molecule has 0 fully saturated rings. The molecular weight excluding hydrogens is 257 g/mol. The van der Waals surface area contributed by atoms with Gasteiger partial charge in [0, 0.05) is 12.1 Å². The quantitative estimate of drug-likeness (QED) is 0.747. The molecule has 0 N–H and O–H groups in total. The van der Waals surface area contributed by atoms with Crippen molar-refractivity contribution in [3.63, 3.8) is 0 Å². The second-order valence-corrected chi connectivity index (χ2v) is 4.23. The van der Waals surface area contributed by atoms with Gasteiger partial charge < -0.3 is 4.74 Å². The van der Waals surface area contributed by atoms with Crippen LogP contribution in [0.2, 0.25) is 5.02 Å². The van der Waals surface area contributed by atoms with Gasteiger partial charge in [0.25, 0.3) is 0 Å². The molecule has 3 nitrogen and oxygen atoms in total. The maximum Gasteiger partial charge on any atom is 0.320 e. The first-order chi connectivity index (χ1) is 8.58. The van der Waals surface area contributed by atoms with E-state index in [2.05, 4.69) is 0 Å². The minimum Gasteiger partial charge on any atom is -0.465 e. The summed E-state index contributed by atoms with van der Waals surface area (Å²) >= 11 is 5.71. The number of benzene rings is 1. The molecule has 0 heterocycles. The molecule has 0 bridgehead atoms. The van der Waals surface area contributed by atoms with Crippen LogP contribution in [0.1, 0.15) is 19.4 Å². The van der Waals surface area contributed by atoms with Crippen LogP contribution in [-0.2, 0) is 16.1 Å². The Morgan fingerprint density at radius 2 is 2.17 bits per heavy atom. The summed E-state index contributed by atoms with van der Waals surface area (Å²) < 4.78 is 18.6. The Labute approximate surface area is 111 Å². The molecule has 0 atom stereocenters. The Bertz CT molecular complexity index is 412. The van der Waals surface area contributed by atoms with E-state index in [1.165, 1.54) is 6.07 Å². The van der Waals surface area contributed by atoms with Gasteiger partial charge in [-0.15, -0.1) is 0 Å². The summed E-state index contributed by atoms with van der Waals surface area (Å²) in [6.45, 7) is 5.12. The Balaban J connectivity index is 2.68. The van der Waals surface area contributed by atoms with Gasteiger partial charge in [0.1, 0.15) is 5.82 Å². The van der Waals surface area contributed by atoms with Crippen molar-refractivity contribution in [1.82, 2.24) is 4.90 Å². The zero-order valence-electron chi connectivity index (χ0n) is 10.6. The van der Waals surface area contributed by atoms with E-state index in [9.17, 15) is 9.18 Å². The molecule has 0 aliphatic carbocycles. The normalized spacial score (nSPS) is 10.7. The van der Waals surface area contributed by atoms with Crippen molar-refractivity contribution in [2.75, 3.05) is 19.7 Å². The fourth-order valence-corrected chi connectivity index (χ4v) is 1.77. The molecule has 0 spiro atoms. The van der Waals surface area contributed by atoms with Crippen LogP contribution in [-0.4, -0.2) is 30.6 Å². The molecule has 1 aromatic rings. The second kappa shape index (κ2) is 7.34. The predicted octanol–water partition coefficient (Wildman–Crippen LogP) is 2.86. The van der Waals surface area contributed by atoms with E-state index in [4.69, 9.17) is 16.3 Å². The molecular formula is C13H17ClFNO2. The summed E-state index contributed by atoms with van der Waals surface area (Å²) in [5, 5.41) is 0.0969. The van der Waals surface area contributed by atoms with Gasteiger partial charge in [0.2, 0.25) is 0 Å². The SMILES string of the molecule is CCOC(=O)CN(CC)Cc1cccc(Cl)c1F. The standard InChI is InChI=1S/C13H17ClFNO2/c1-3-16(9-12(17)18-4-2)8-10-6-5-7-11(14)13(10)15/h5-7H,3-4,8-9H2,1-2H3. The highest BCUT2D eigenvalue weighted by atomic mass is 35.5. The van der Waals surface area contributed by atoms with Crippen LogP contribution in [0.15, 0.2) is 18.2 Å². The summed E-state index contributed by atoms with van der Waals surface area (Å²) in [6.07, 6.45) is 0. The topological polar surface area (TPSA) is 29.5 Å². The summed E-state index contributed by atoms with van der Waals surface area (Å²) in [5.41, 5.74) is 0.480. The van der Waals surface area contributed by atoms with Gasteiger partial charge in [-0.25, -0.2) is 4.39 Å². The van der Waals surface area contributed by atoms with Crippen LogP contribution < -0.4 is 0 Å². The third-order valence-corrected chi connectivity index (χ3v) is 2.82. The first kappa shape index (κ1) is 14.9. The number of hydrogen-bond donors (Lipinski definition) is 0. The van der Waals surface area contributed by atoms with Gasteiger partial charge in [-0.3, -0.25) is 9.69 Å². The number of ether oxygens (including phenoxy) is 1. The zero-order valence-corrected chi connectivity index (χ0v) is 11.3.